The van der Waals surface area contributed by atoms with Crippen molar-refractivity contribution in [1.82, 2.24) is 14.8 Å². The second-order valence-corrected chi connectivity index (χ2v) is 8.22. The number of pyridine rings is 1. The van der Waals surface area contributed by atoms with Gasteiger partial charge in [0, 0.05) is 38.6 Å². The number of ether oxygens (including phenoxy) is 1. The van der Waals surface area contributed by atoms with Crippen LogP contribution in [-0.4, -0.2) is 53.0 Å². The third-order valence-electron chi connectivity index (χ3n) is 4.68. The zero-order chi connectivity index (χ0) is 20.5. The highest BCUT2D eigenvalue weighted by Crippen LogP contribution is 2.36. The zero-order valence-electron chi connectivity index (χ0n) is 17.1. The summed E-state index contributed by atoms with van der Waals surface area (Å²) in [6.07, 6.45) is 3.79. The van der Waals surface area contributed by atoms with Gasteiger partial charge in [0.1, 0.15) is 5.60 Å². The van der Waals surface area contributed by atoms with Crippen molar-refractivity contribution in [3.63, 3.8) is 0 Å². The van der Waals surface area contributed by atoms with Crippen LogP contribution >= 0.6 is 0 Å². The van der Waals surface area contributed by atoms with Crippen molar-refractivity contribution < 1.29 is 14.3 Å². The van der Waals surface area contributed by atoms with Crippen molar-refractivity contribution >= 4 is 12.0 Å². The van der Waals surface area contributed by atoms with E-state index in [9.17, 15) is 9.59 Å². The van der Waals surface area contributed by atoms with Gasteiger partial charge in [0.25, 0.3) is 5.91 Å². The quantitative estimate of drug-likeness (QED) is 0.796. The normalized spacial score (nSPS) is 16.3. The Bertz CT molecular complexity index is 872. The molecule has 1 aromatic carbocycles. The van der Waals surface area contributed by atoms with E-state index in [1.165, 1.54) is 0 Å². The summed E-state index contributed by atoms with van der Waals surface area (Å²) >= 11 is 0. The Morgan fingerprint density at radius 1 is 1.14 bits per heavy atom. The minimum absolute atomic E-state index is 0.0642. The van der Waals surface area contributed by atoms with Crippen molar-refractivity contribution in [2.75, 3.05) is 20.6 Å². The van der Waals surface area contributed by atoms with Crippen LogP contribution in [0.3, 0.4) is 0 Å². The highest BCUT2D eigenvalue weighted by Gasteiger charge is 2.35. The van der Waals surface area contributed by atoms with Crippen LogP contribution in [-0.2, 0) is 11.2 Å². The lowest BCUT2D eigenvalue weighted by atomic mass is 9.87. The summed E-state index contributed by atoms with van der Waals surface area (Å²) in [5, 5.41) is 0. The van der Waals surface area contributed by atoms with E-state index in [0.29, 0.717) is 18.5 Å². The Balaban J connectivity index is 2.08. The topological polar surface area (TPSA) is 62.7 Å². The van der Waals surface area contributed by atoms with E-state index in [-0.39, 0.29) is 18.0 Å². The molecule has 1 aliphatic heterocycles. The SMILES string of the molecule is CN(C)C(=O)c1ccc2c(c1)C(c1ccncc1)N(C(=O)OC(C)(C)C)CC2. The third-order valence-corrected chi connectivity index (χ3v) is 4.68. The molecule has 0 fully saturated rings. The fourth-order valence-electron chi connectivity index (χ4n) is 3.43. The number of benzene rings is 1. The first-order valence-electron chi connectivity index (χ1n) is 9.41. The molecular weight excluding hydrogens is 354 g/mol. The first-order valence-corrected chi connectivity index (χ1v) is 9.41. The van der Waals surface area contributed by atoms with E-state index in [1.54, 1.807) is 36.3 Å². The molecule has 1 unspecified atom stereocenters. The largest absolute Gasteiger partial charge is 0.444 e. The molecule has 1 aliphatic rings. The van der Waals surface area contributed by atoms with E-state index in [0.717, 1.165) is 16.7 Å². The summed E-state index contributed by atoms with van der Waals surface area (Å²) in [5.41, 5.74) is 3.06. The van der Waals surface area contributed by atoms with Gasteiger partial charge in [0.2, 0.25) is 0 Å². The Kier molecular flexibility index (Phi) is 5.40. The number of rotatable bonds is 2. The van der Waals surface area contributed by atoms with Crippen molar-refractivity contribution in [3.05, 3.63) is 65.0 Å². The maximum atomic E-state index is 12.9. The molecule has 0 radical (unpaired) electrons. The van der Waals surface area contributed by atoms with Crippen molar-refractivity contribution in [1.29, 1.82) is 0 Å². The van der Waals surface area contributed by atoms with Crippen LogP contribution in [0.4, 0.5) is 4.79 Å². The first-order chi connectivity index (χ1) is 13.2. The van der Waals surface area contributed by atoms with Crippen LogP contribution < -0.4 is 0 Å². The van der Waals surface area contributed by atoms with Crippen LogP contribution in [0.15, 0.2) is 42.7 Å². The van der Waals surface area contributed by atoms with Gasteiger partial charge in [-0.3, -0.25) is 14.7 Å². The number of fused-ring (bicyclic) bond motifs is 1. The lowest BCUT2D eigenvalue weighted by Crippen LogP contribution is -2.43. The smallest absolute Gasteiger partial charge is 0.411 e. The molecule has 1 aromatic heterocycles. The molecule has 2 aromatic rings. The fourth-order valence-corrected chi connectivity index (χ4v) is 3.43. The molecule has 0 bridgehead atoms. The molecular formula is C22H27N3O3. The van der Waals surface area contributed by atoms with E-state index < -0.39 is 5.60 Å². The number of amides is 2. The Morgan fingerprint density at radius 3 is 2.43 bits per heavy atom. The summed E-state index contributed by atoms with van der Waals surface area (Å²) in [6, 6.07) is 9.23. The molecule has 0 spiro atoms. The van der Waals surface area contributed by atoms with Crippen molar-refractivity contribution in [3.8, 4) is 0 Å². The minimum Gasteiger partial charge on any atom is -0.444 e. The maximum absolute atomic E-state index is 12.9. The van der Waals surface area contributed by atoms with E-state index in [4.69, 9.17) is 4.74 Å². The molecule has 2 amide bonds. The number of nitrogens with zero attached hydrogens (tertiary/aromatic N) is 3. The number of hydrogen-bond acceptors (Lipinski definition) is 4. The summed E-state index contributed by atoms with van der Waals surface area (Å²) in [5.74, 6) is -0.0642. The Labute approximate surface area is 166 Å². The highest BCUT2D eigenvalue weighted by molar-refractivity contribution is 5.94. The van der Waals surface area contributed by atoms with Crippen LogP contribution in [0.2, 0.25) is 0 Å². The van der Waals surface area contributed by atoms with Gasteiger partial charge in [-0.05, 0) is 68.1 Å². The second-order valence-electron chi connectivity index (χ2n) is 8.22. The van der Waals surface area contributed by atoms with Crippen LogP contribution in [0.1, 0.15) is 53.9 Å². The van der Waals surface area contributed by atoms with Crippen LogP contribution in [0, 0.1) is 0 Å². The van der Waals surface area contributed by atoms with Crippen molar-refractivity contribution in [2.24, 2.45) is 0 Å². The predicted octanol–water partition coefficient (Wildman–Crippen LogP) is 3.67. The molecule has 2 heterocycles. The van der Waals surface area contributed by atoms with Gasteiger partial charge in [-0.15, -0.1) is 0 Å². The van der Waals surface area contributed by atoms with Crippen molar-refractivity contribution in [2.45, 2.75) is 38.8 Å². The van der Waals surface area contributed by atoms with Gasteiger partial charge >= 0.3 is 6.09 Å². The molecule has 0 N–H and O–H groups in total. The lowest BCUT2D eigenvalue weighted by Gasteiger charge is -2.38. The zero-order valence-corrected chi connectivity index (χ0v) is 17.1. The number of carbonyl (C=O) groups excluding carboxylic acids is 2. The number of aromatic nitrogens is 1. The summed E-state index contributed by atoms with van der Waals surface area (Å²) in [7, 11) is 3.46. The minimum atomic E-state index is -0.580. The molecule has 148 valence electrons. The van der Waals surface area contributed by atoms with Crippen LogP contribution in [0.25, 0.3) is 0 Å². The van der Waals surface area contributed by atoms with Gasteiger partial charge < -0.3 is 9.64 Å². The maximum Gasteiger partial charge on any atom is 0.411 e. The van der Waals surface area contributed by atoms with E-state index >= 15 is 0 Å². The second kappa shape index (κ2) is 7.62. The summed E-state index contributed by atoms with van der Waals surface area (Å²) in [6.45, 7) is 6.13. The van der Waals surface area contributed by atoms with Gasteiger partial charge in [-0.2, -0.15) is 0 Å². The molecule has 0 saturated carbocycles. The summed E-state index contributed by atoms with van der Waals surface area (Å²) < 4.78 is 5.66. The Morgan fingerprint density at radius 2 is 1.82 bits per heavy atom. The fraction of sp³-hybridized carbons (Fsp3) is 0.409. The molecule has 3 rings (SSSR count). The summed E-state index contributed by atoms with van der Waals surface area (Å²) in [4.78, 5) is 32.8. The van der Waals surface area contributed by atoms with E-state index in [2.05, 4.69) is 4.98 Å². The average Bonchev–Trinajstić information content (AvgIpc) is 2.65. The van der Waals surface area contributed by atoms with Gasteiger partial charge in [-0.1, -0.05) is 6.07 Å². The number of carbonyl (C=O) groups is 2. The Hall–Kier alpha value is -2.89. The molecule has 0 aliphatic carbocycles. The molecule has 28 heavy (non-hydrogen) atoms. The first kappa shape index (κ1) is 19.9. The lowest BCUT2D eigenvalue weighted by molar-refractivity contribution is 0.0178. The molecule has 1 atom stereocenters. The van der Waals surface area contributed by atoms with Gasteiger partial charge in [0.05, 0.1) is 6.04 Å². The molecule has 0 saturated heterocycles. The van der Waals surface area contributed by atoms with Gasteiger partial charge in [0.15, 0.2) is 0 Å². The van der Waals surface area contributed by atoms with E-state index in [1.807, 2.05) is 51.1 Å². The molecule has 6 heteroatoms. The molecule has 6 nitrogen and oxygen atoms in total. The average molecular weight is 381 g/mol. The number of hydrogen-bond donors (Lipinski definition) is 0. The monoisotopic (exact) mass is 381 g/mol. The van der Waals surface area contributed by atoms with Gasteiger partial charge in [-0.25, -0.2) is 4.79 Å². The predicted molar refractivity (Wildman–Crippen MR) is 107 cm³/mol. The standard InChI is InChI=1S/C22H27N3O3/c1-22(2,3)28-21(27)25-13-10-15-6-7-17(20(26)24(4)5)14-18(15)19(25)16-8-11-23-12-9-16/h6-9,11-12,14,19H,10,13H2,1-5H3. The van der Waals surface area contributed by atoms with Crippen LogP contribution in [0.5, 0.6) is 0 Å². The third kappa shape index (κ3) is 4.16. The highest BCUT2D eigenvalue weighted by atomic mass is 16.6.